The normalized spacial score (nSPS) is 13.3. The van der Waals surface area contributed by atoms with Crippen LogP contribution < -0.4 is 0 Å². The van der Waals surface area contributed by atoms with Gasteiger partial charge in [-0.3, -0.25) is 0 Å². The summed E-state index contributed by atoms with van der Waals surface area (Å²) in [5, 5.41) is 0.183. The first-order valence-electron chi connectivity index (χ1n) is 7.08. The van der Waals surface area contributed by atoms with E-state index in [1.807, 2.05) is 6.92 Å². The maximum atomic E-state index is 6.07. The quantitative estimate of drug-likeness (QED) is 0.681. The van der Waals surface area contributed by atoms with Crippen LogP contribution in [0.15, 0.2) is 30.3 Å². The topological polar surface area (TPSA) is 18.5 Å². The van der Waals surface area contributed by atoms with Crippen molar-refractivity contribution < 1.29 is 9.16 Å². The van der Waals surface area contributed by atoms with Crippen LogP contribution in [0.4, 0.5) is 0 Å². The molecule has 1 rings (SSSR count). The SMILES string of the molecule is CCOCC(C)(C)CO[SiH2]C(C)(C)c1ccccc1. The van der Waals surface area contributed by atoms with Crippen molar-refractivity contribution in [1.29, 1.82) is 0 Å². The van der Waals surface area contributed by atoms with E-state index >= 15 is 0 Å². The van der Waals surface area contributed by atoms with Gasteiger partial charge >= 0.3 is 0 Å². The van der Waals surface area contributed by atoms with Gasteiger partial charge in [-0.25, -0.2) is 0 Å². The fraction of sp³-hybridized carbons (Fsp3) is 0.625. The van der Waals surface area contributed by atoms with Crippen molar-refractivity contribution in [3.8, 4) is 0 Å². The highest BCUT2D eigenvalue weighted by molar-refractivity contribution is 6.32. The molecule has 1 aromatic carbocycles. The van der Waals surface area contributed by atoms with Gasteiger partial charge in [0.15, 0.2) is 9.76 Å². The monoisotopic (exact) mass is 280 g/mol. The summed E-state index contributed by atoms with van der Waals surface area (Å²) >= 11 is 0. The van der Waals surface area contributed by atoms with Crippen LogP contribution in [0.2, 0.25) is 0 Å². The van der Waals surface area contributed by atoms with Crippen molar-refractivity contribution in [1.82, 2.24) is 0 Å². The minimum atomic E-state index is -0.618. The molecule has 19 heavy (non-hydrogen) atoms. The average molecular weight is 280 g/mol. The lowest BCUT2D eigenvalue weighted by Crippen LogP contribution is -2.33. The maximum absolute atomic E-state index is 6.07. The molecule has 0 amide bonds. The Morgan fingerprint density at radius 1 is 1.00 bits per heavy atom. The van der Waals surface area contributed by atoms with Crippen molar-refractivity contribution in [2.75, 3.05) is 19.8 Å². The zero-order valence-electron chi connectivity index (χ0n) is 13.0. The third kappa shape index (κ3) is 5.89. The molecule has 0 unspecified atom stereocenters. The summed E-state index contributed by atoms with van der Waals surface area (Å²) in [5.74, 6) is 0. The van der Waals surface area contributed by atoms with Crippen LogP contribution in [0.3, 0.4) is 0 Å². The fourth-order valence-corrected chi connectivity index (χ4v) is 3.54. The lowest BCUT2D eigenvalue weighted by Gasteiger charge is -2.29. The van der Waals surface area contributed by atoms with Crippen LogP contribution in [0.5, 0.6) is 0 Å². The van der Waals surface area contributed by atoms with E-state index in [-0.39, 0.29) is 10.5 Å². The second-order valence-electron chi connectivity index (χ2n) is 6.54. The molecule has 0 aliphatic rings. The Morgan fingerprint density at radius 2 is 1.63 bits per heavy atom. The summed E-state index contributed by atoms with van der Waals surface area (Å²) in [5.41, 5.74) is 1.49. The van der Waals surface area contributed by atoms with Gasteiger partial charge in [0.25, 0.3) is 0 Å². The van der Waals surface area contributed by atoms with Crippen LogP contribution in [-0.2, 0) is 14.2 Å². The lowest BCUT2D eigenvalue weighted by atomic mass is 9.97. The summed E-state index contributed by atoms with van der Waals surface area (Å²) in [6.45, 7) is 13.3. The zero-order valence-corrected chi connectivity index (χ0v) is 14.4. The van der Waals surface area contributed by atoms with Crippen molar-refractivity contribution in [2.24, 2.45) is 5.41 Å². The highest BCUT2D eigenvalue weighted by Gasteiger charge is 2.24. The molecule has 0 bridgehead atoms. The van der Waals surface area contributed by atoms with Gasteiger partial charge in [0.2, 0.25) is 0 Å². The third-order valence-corrected chi connectivity index (χ3v) is 4.75. The second kappa shape index (κ2) is 7.22. The standard InChI is InChI=1S/C16H28O2Si/c1-6-17-12-15(2,3)13-18-19-16(4,5)14-10-8-7-9-11-14/h7-11H,6,12-13,19H2,1-5H3. The Bertz CT molecular complexity index is 360. The molecule has 3 heteroatoms. The van der Waals surface area contributed by atoms with Gasteiger partial charge in [-0.05, 0) is 12.5 Å². The number of ether oxygens (including phenoxy) is 1. The molecule has 0 aliphatic carbocycles. The van der Waals surface area contributed by atoms with Gasteiger partial charge in [0.1, 0.15) is 0 Å². The van der Waals surface area contributed by atoms with E-state index in [0.29, 0.717) is 0 Å². The smallest absolute Gasteiger partial charge is 0.171 e. The first kappa shape index (κ1) is 16.4. The van der Waals surface area contributed by atoms with Gasteiger partial charge in [-0.2, -0.15) is 0 Å². The van der Waals surface area contributed by atoms with Gasteiger partial charge in [0.05, 0.1) is 6.61 Å². The number of rotatable bonds is 8. The van der Waals surface area contributed by atoms with E-state index in [2.05, 4.69) is 58.0 Å². The average Bonchev–Trinajstić information content (AvgIpc) is 2.37. The molecular formula is C16H28O2Si. The predicted octanol–water partition coefficient (Wildman–Crippen LogP) is 3.08. The molecular weight excluding hydrogens is 252 g/mol. The Morgan fingerprint density at radius 3 is 2.21 bits per heavy atom. The van der Waals surface area contributed by atoms with Crippen molar-refractivity contribution in [3.63, 3.8) is 0 Å². The van der Waals surface area contributed by atoms with E-state index in [9.17, 15) is 0 Å². The minimum Gasteiger partial charge on any atom is -0.422 e. The molecule has 0 aliphatic heterocycles. The molecule has 0 N–H and O–H groups in total. The fourth-order valence-electron chi connectivity index (χ4n) is 1.98. The van der Waals surface area contributed by atoms with E-state index < -0.39 is 9.76 Å². The summed E-state index contributed by atoms with van der Waals surface area (Å²) < 4.78 is 11.6. The molecule has 0 spiro atoms. The van der Waals surface area contributed by atoms with Crippen molar-refractivity contribution in [3.05, 3.63) is 35.9 Å². The van der Waals surface area contributed by atoms with Crippen molar-refractivity contribution in [2.45, 2.75) is 39.7 Å². The van der Waals surface area contributed by atoms with Crippen LogP contribution in [-0.4, -0.2) is 29.6 Å². The Balaban J connectivity index is 2.44. The van der Waals surface area contributed by atoms with Crippen molar-refractivity contribution >= 4 is 9.76 Å². The molecule has 0 radical (unpaired) electrons. The molecule has 0 saturated carbocycles. The zero-order chi connectivity index (χ0) is 14.4. The molecule has 0 heterocycles. The van der Waals surface area contributed by atoms with Crippen LogP contribution in [0.25, 0.3) is 0 Å². The van der Waals surface area contributed by atoms with E-state index in [1.165, 1.54) is 5.56 Å². The van der Waals surface area contributed by atoms with E-state index in [0.717, 1.165) is 19.8 Å². The lowest BCUT2D eigenvalue weighted by molar-refractivity contribution is 0.0408. The number of benzene rings is 1. The van der Waals surface area contributed by atoms with Gasteiger partial charge in [-0.15, -0.1) is 0 Å². The minimum absolute atomic E-state index is 0.107. The molecule has 0 saturated heterocycles. The molecule has 1 aromatic rings. The molecule has 0 aromatic heterocycles. The first-order chi connectivity index (χ1) is 8.87. The number of hydrogen-bond acceptors (Lipinski definition) is 2. The summed E-state index contributed by atoms with van der Waals surface area (Å²) in [6.07, 6.45) is 0. The molecule has 0 atom stereocenters. The first-order valence-corrected chi connectivity index (χ1v) is 8.37. The maximum Gasteiger partial charge on any atom is 0.171 e. The third-order valence-electron chi connectivity index (χ3n) is 3.21. The molecule has 0 fully saturated rings. The van der Waals surface area contributed by atoms with Gasteiger partial charge in [0, 0.05) is 23.7 Å². The highest BCUT2D eigenvalue weighted by Crippen LogP contribution is 2.23. The Kier molecular flexibility index (Phi) is 6.24. The molecule has 108 valence electrons. The van der Waals surface area contributed by atoms with Crippen LogP contribution >= 0.6 is 0 Å². The Hall–Kier alpha value is -0.643. The van der Waals surface area contributed by atoms with Crippen LogP contribution in [0, 0.1) is 5.41 Å². The highest BCUT2D eigenvalue weighted by atomic mass is 28.2. The predicted molar refractivity (Wildman–Crippen MR) is 84.2 cm³/mol. The van der Waals surface area contributed by atoms with E-state index in [4.69, 9.17) is 9.16 Å². The molecule has 2 nitrogen and oxygen atoms in total. The summed E-state index contributed by atoms with van der Waals surface area (Å²) in [4.78, 5) is 0. The summed E-state index contributed by atoms with van der Waals surface area (Å²) in [6, 6.07) is 10.7. The Labute approximate surface area is 120 Å². The largest absolute Gasteiger partial charge is 0.422 e. The van der Waals surface area contributed by atoms with Crippen LogP contribution in [0.1, 0.15) is 40.2 Å². The van der Waals surface area contributed by atoms with Gasteiger partial charge in [-0.1, -0.05) is 58.0 Å². The van der Waals surface area contributed by atoms with Gasteiger partial charge < -0.3 is 9.16 Å². The second-order valence-corrected chi connectivity index (χ2v) is 9.01. The summed E-state index contributed by atoms with van der Waals surface area (Å²) in [7, 11) is -0.618. The number of hydrogen-bond donors (Lipinski definition) is 0. The van der Waals surface area contributed by atoms with E-state index in [1.54, 1.807) is 0 Å².